The summed E-state index contributed by atoms with van der Waals surface area (Å²) in [4.78, 5) is 39.2. The molecule has 0 N–H and O–H groups in total. The first-order valence-electron chi connectivity index (χ1n) is 7.83. The minimum absolute atomic E-state index is 0.0695. The number of carbonyl (C=O) groups excluding carboxylic acids is 2. The molecule has 1 fully saturated rings. The highest BCUT2D eigenvalue weighted by Crippen LogP contribution is 2.26. The average Bonchev–Trinajstić information content (AvgIpc) is 3.04. The lowest BCUT2D eigenvalue weighted by Gasteiger charge is -2.28. The summed E-state index contributed by atoms with van der Waals surface area (Å²) in [5.41, 5.74) is 0.662. The lowest BCUT2D eigenvalue weighted by atomic mass is 10.1. The summed E-state index contributed by atoms with van der Waals surface area (Å²) < 4.78 is 0. The first kappa shape index (κ1) is 18.3. The summed E-state index contributed by atoms with van der Waals surface area (Å²) in [6, 6.07) is 3.92. The van der Waals surface area contributed by atoms with Gasteiger partial charge >= 0.3 is 0 Å². The summed E-state index contributed by atoms with van der Waals surface area (Å²) in [6.45, 7) is 6.62. The Hall–Kier alpha value is -2.09. The zero-order chi connectivity index (χ0) is 17.9. The molecule has 1 aliphatic rings. The number of hydrogen-bond donors (Lipinski definition) is 0. The summed E-state index contributed by atoms with van der Waals surface area (Å²) in [6.07, 6.45) is 0. The fraction of sp³-hybridized carbons (Fsp3) is 0.500. The van der Waals surface area contributed by atoms with Gasteiger partial charge < -0.3 is 9.80 Å². The lowest BCUT2D eigenvalue weighted by molar-refractivity contribution is -0.385. The van der Waals surface area contributed by atoms with Crippen LogP contribution in [0.15, 0.2) is 18.2 Å². The number of thioether (sulfide) groups is 1. The number of nitro benzene ring substituents is 1. The Labute approximate surface area is 145 Å². The van der Waals surface area contributed by atoms with E-state index in [0.717, 1.165) is 0 Å². The number of benzene rings is 1. The van der Waals surface area contributed by atoms with Crippen molar-refractivity contribution in [1.82, 2.24) is 9.80 Å². The van der Waals surface area contributed by atoms with E-state index in [0.29, 0.717) is 30.3 Å². The number of rotatable bonds is 5. The van der Waals surface area contributed by atoms with Crippen molar-refractivity contribution in [3.8, 4) is 0 Å². The molecule has 7 nitrogen and oxygen atoms in total. The predicted octanol–water partition coefficient (Wildman–Crippen LogP) is 2.29. The number of likely N-dealkylation sites (N-methyl/N-ethyl adjacent to an activating group) is 1. The second-order valence-corrected chi connectivity index (χ2v) is 6.56. The Balaban J connectivity index is 2.27. The van der Waals surface area contributed by atoms with Gasteiger partial charge in [0, 0.05) is 36.0 Å². The van der Waals surface area contributed by atoms with Crippen molar-refractivity contribution in [2.45, 2.75) is 26.8 Å². The molecule has 130 valence electrons. The fourth-order valence-electron chi connectivity index (χ4n) is 2.70. The maximum absolute atomic E-state index is 12.8. The van der Waals surface area contributed by atoms with Crippen LogP contribution in [0.5, 0.6) is 0 Å². The van der Waals surface area contributed by atoms with Crippen LogP contribution in [0, 0.1) is 17.0 Å². The number of carbonyl (C=O) groups is 2. The highest BCUT2D eigenvalue weighted by molar-refractivity contribution is 7.99. The Morgan fingerprint density at radius 2 is 2.04 bits per heavy atom. The third-order valence-electron chi connectivity index (χ3n) is 4.16. The Morgan fingerprint density at radius 3 is 2.62 bits per heavy atom. The van der Waals surface area contributed by atoms with E-state index < -0.39 is 11.0 Å². The second kappa shape index (κ2) is 7.65. The largest absolute Gasteiger partial charge is 0.341 e. The van der Waals surface area contributed by atoms with Gasteiger partial charge in [0.15, 0.2) is 0 Å². The van der Waals surface area contributed by atoms with Crippen molar-refractivity contribution in [3.05, 3.63) is 39.4 Å². The quantitative estimate of drug-likeness (QED) is 0.600. The molecule has 1 saturated heterocycles. The molecule has 2 amide bonds. The zero-order valence-electron chi connectivity index (χ0n) is 14.0. The maximum Gasteiger partial charge on any atom is 0.273 e. The van der Waals surface area contributed by atoms with Gasteiger partial charge in [0.2, 0.25) is 5.91 Å². The molecule has 24 heavy (non-hydrogen) atoms. The molecule has 0 radical (unpaired) electrons. The highest BCUT2D eigenvalue weighted by Gasteiger charge is 2.37. The Kier molecular flexibility index (Phi) is 5.82. The van der Waals surface area contributed by atoms with Crippen LogP contribution < -0.4 is 0 Å². The van der Waals surface area contributed by atoms with E-state index in [1.54, 1.807) is 24.0 Å². The van der Waals surface area contributed by atoms with Gasteiger partial charge in [-0.15, -0.1) is 11.8 Å². The van der Waals surface area contributed by atoms with Gasteiger partial charge in [-0.05, 0) is 26.8 Å². The minimum Gasteiger partial charge on any atom is -0.341 e. The van der Waals surface area contributed by atoms with Gasteiger partial charge in [-0.25, -0.2) is 0 Å². The van der Waals surface area contributed by atoms with Crippen LogP contribution >= 0.6 is 11.8 Å². The van der Waals surface area contributed by atoms with Crippen molar-refractivity contribution in [2.75, 3.05) is 24.7 Å². The van der Waals surface area contributed by atoms with E-state index in [2.05, 4.69) is 0 Å². The topological polar surface area (TPSA) is 83.8 Å². The SMILES string of the molecule is CCN(CC)C(=O)[C@H]1CSCN1C(=O)c1ccc(C)c([N+](=O)[O-])c1. The average molecular weight is 351 g/mol. The van der Waals surface area contributed by atoms with Crippen LogP contribution in [0.3, 0.4) is 0 Å². The number of nitrogens with zero attached hydrogens (tertiary/aromatic N) is 3. The van der Waals surface area contributed by atoms with Crippen molar-refractivity contribution in [1.29, 1.82) is 0 Å². The highest BCUT2D eigenvalue weighted by atomic mass is 32.2. The maximum atomic E-state index is 12.8. The van der Waals surface area contributed by atoms with Crippen molar-refractivity contribution in [2.24, 2.45) is 0 Å². The Bertz CT molecular complexity index is 661. The first-order valence-corrected chi connectivity index (χ1v) is 8.98. The molecule has 0 unspecified atom stereocenters. The monoisotopic (exact) mass is 351 g/mol. The molecule has 0 bridgehead atoms. The van der Waals surface area contributed by atoms with E-state index in [-0.39, 0.29) is 23.1 Å². The third kappa shape index (κ3) is 3.53. The molecule has 1 heterocycles. The van der Waals surface area contributed by atoms with Crippen LogP contribution in [0.2, 0.25) is 0 Å². The van der Waals surface area contributed by atoms with Crippen molar-refractivity contribution in [3.63, 3.8) is 0 Å². The lowest BCUT2D eigenvalue weighted by Crippen LogP contribution is -2.48. The molecular weight excluding hydrogens is 330 g/mol. The van der Waals surface area contributed by atoms with Crippen LogP contribution in [0.4, 0.5) is 5.69 Å². The third-order valence-corrected chi connectivity index (χ3v) is 5.17. The summed E-state index contributed by atoms with van der Waals surface area (Å²) in [5, 5.41) is 11.1. The van der Waals surface area contributed by atoms with E-state index in [4.69, 9.17) is 0 Å². The number of aryl methyl sites for hydroxylation is 1. The molecule has 0 aliphatic carbocycles. The molecule has 1 aliphatic heterocycles. The Morgan fingerprint density at radius 1 is 1.38 bits per heavy atom. The molecule has 1 atom stereocenters. The van der Waals surface area contributed by atoms with E-state index in [1.165, 1.54) is 22.7 Å². The van der Waals surface area contributed by atoms with Crippen LogP contribution in [-0.4, -0.2) is 57.3 Å². The van der Waals surface area contributed by atoms with Crippen LogP contribution in [0.1, 0.15) is 29.8 Å². The van der Waals surface area contributed by atoms with Gasteiger partial charge in [-0.3, -0.25) is 19.7 Å². The number of amides is 2. The molecule has 8 heteroatoms. The van der Waals surface area contributed by atoms with E-state index in [1.807, 2.05) is 13.8 Å². The smallest absolute Gasteiger partial charge is 0.273 e. The van der Waals surface area contributed by atoms with Gasteiger partial charge in [0.25, 0.3) is 11.6 Å². The summed E-state index contributed by atoms with van der Waals surface area (Å²) in [5.74, 6) is 0.557. The predicted molar refractivity (Wildman–Crippen MR) is 93.0 cm³/mol. The first-order chi connectivity index (χ1) is 11.4. The second-order valence-electron chi connectivity index (χ2n) is 5.56. The van der Waals surface area contributed by atoms with Crippen molar-refractivity contribution < 1.29 is 14.5 Å². The molecule has 2 rings (SSSR count). The zero-order valence-corrected chi connectivity index (χ0v) is 14.8. The molecular formula is C16H21N3O4S. The van der Waals surface area contributed by atoms with Gasteiger partial charge in [0.1, 0.15) is 6.04 Å². The standard InChI is InChI=1S/C16H21N3O4S/c1-4-17(5-2)16(21)14-9-24-10-18(14)15(20)12-7-6-11(3)13(8-12)19(22)23/h6-8,14H,4-5,9-10H2,1-3H3/t14-/m1/s1. The molecule has 0 spiro atoms. The van der Waals surface area contributed by atoms with Gasteiger partial charge in [-0.1, -0.05) is 6.07 Å². The van der Waals surface area contributed by atoms with Gasteiger partial charge in [0.05, 0.1) is 10.8 Å². The number of hydrogen-bond acceptors (Lipinski definition) is 5. The van der Waals surface area contributed by atoms with Crippen molar-refractivity contribution >= 4 is 29.3 Å². The number of nitro groups is 1. The summed E-state index contributed by atoms with van der Waals surface area (Å²) in [7, 11) is 0. The molecule has 1 aromatic rings. The molecule has 0 saturated carbocycles. The van der Waals surface area contributed by atoms with Crippen LogP contribution in [-0.2, 0) is 4.79 Å². The summed E-state index contributed by atoms with van der Waals surface area (Å²) >= 11 is 1.52. The van der Waals surface area contributed by atoms with Gasteiger partial charge in [-0.2, -0.15) is 0 Å². The normalized spacial score (nSPS) is 17.0. The van der Waals surface area contributed by atoms with Crippen LogP contribution in [0.25, 0.3) is 0 Å². The minimum atomic E-state index is -0.511. The fourth-order valence-corrected chi connectivity index (χ4v) is 3.84. The molecule has 1 aromatic carbocycles. The van der Waals surface area contributed by atoms with E-state index in [9.17, 15) is 19.7 Å². The molecule has 0 aromatic heterocycles. The van der Waals surface area contributed by atoms with E-state index >= 15 is 0 Å².